The van der Waals surface area contributed by atoms with Crippen molar-refractivity contribution in [3.05, 3.63) is 89.5 Å². The molecule has 1 N–H and O–H groups in total. The van der Waals surface area contributed by atoms with Crippen LogP contribution in [0.4, 0.5) is 5.69 Å². The van der Waals surface area contributed by atoms with Gasteiger partial charge in [0.1, 0.15) is 6.61 Å². The van der Waals surface area contributed by atoms with E-state index in [0.29, 0.717) is 36.6 Å². The molecule has 9 nitrogen and oxygen atoms in total. The maximum absolute atomic E-state index is 12.3. The summed E-state index contributed by atoms with van der Waals surface area (Å²) in [4.78, 5) is 28.6. The van der Waals surface area contributed by atoms with E-state index in [2.05, 4.69) is 44.6 Å². The highest BCUT2D eigenvalue weighted by molar-refractivity contribution is 5.89. The van der Waals surface area contributed by atoms with E-state index in [1.807, 2.05) is 24.3 Å². The smallest absolute Gasteiger partial charge is 0.337 e. The number of carbonyl (C=O) groups excluding carboxylic acids is 2. The number of hydrazone groups is 1. The second-order valence-electron chi connectivity index (χ2n) is 9.09. The van der Waals surface area contributed by atoms with Gasteiger partial charge in [0.15, 0.2) is 11.5 Å². The Morgan fingerprint density at radius 2 is 1.67 bits per heavy atom. The third-order valence-corrected chi connectivity index (χ3v) is 6.51. The lowest BCUT2D eigenvalue weighted by Gasteiger charge is -2.36. The quantitative estimate of drug-likeness (QED) is 0.229. The summed E-state index contributed by atoms with van der Waals surface area (Å²) >= 11 is 0. The Balaban J connectivity index is 1.20. The van der Waals surface area contributed by atoms with E-state index in [0.717, 1.165) is 37.3 Å². The summed E-state index contributed by atoms with van der Waals surface area (Å²) in [5, 5.41) is 4.10. The van der Waals surface area contributed by atoms with E-state index in [-0.39, 0.29) is 11.9 Å². The Kier molecular flexibility index (Phi) is 9.91. The molecule has 1 amide bonds. The number of nitrogens with one attached hydrogen (secondary N) is 1. The molecular weight excluding hydrogens is 496 g/mol. The van der Waals surface area contributed by atoms with E-state index in [1.54, 1.807) is 37.6 Å². The standard InChI is InChI=1S/C30H34N4O5/c1-37-28-20-24(10-13-27(28)39-22-23-8-11-25(12-9-23)30(36)38-2)21-31-32-29(35)14-15-33-16-18-34(19-17-33)26-6-4-3-5-7-26/h3-13,20-21H,14-19,22H2,1-2H3,(H,32,35)/b31-21+. The Morgan fingerprint density at radius 1 is 0.923 bits per heavy atom. The van der Waals surface area contributed by atoms with Crippen molar-refractivity contribution in [3.8, 4) is 11.5 Å². The molecule has 0 radical (unpaired) electrons. The fourth-order valence-electron chi connectivity index (χ4n) is 4.26. The SMILES string of the molecule is COC(=O)c1ccc(COc2ccc(/C=N/NC(=O)CCN3CCN(c4ccccc4)CC3)cc2OC)cc1. The van der Waals surface area contributed by atoms with Crippen LogP contribution in [0.15, 0.2) is 77.9 Å². The average Bonchev–Trinajstić information content (AvgIpc) is 2.99. The van der Waals surface area contributed by atoms with Gasteiger partial charge >= 0.3 is 5.97 Å². The first kappa shape index (κ1) is 27.7. The number of carbonyl (C=O) groups is 2. The lowest BCUT2D eigenvalue weighted by molar-refractivity contribution is -0.121. The molecule has 0 aromatic heterocycles. The van der Waals surface area contributed by atoms with Gasteiger partial charge in [0.2, 0.25) is 5.91 Å². The molecule has 1 aliphatic heterocycles. The topological polar surface area (TPSA) is 92.7 Å². The van der Waals surface area contributed by atoms with Gasteiger partial charge in [0.05, 0.1) is 26.0 Å². The molecule has 0 aliphatic carbocycles. The molecule has 0 saturated carbocycles. The molecule has 0 bridgehead atoms. The van der Waals surface area contributed by atoms with Crippen LogP contribution in [0.3, 0.4) is 0 Å². The number of anilines is 1. The molecule has 0 spiro atoms. The molecule has 1 aliphatic rings. The highest BCUT2D eigenvalue weighted by atomic mass is 16.5. The van der Waals surface area contributed by atoms with Crippen molar-refractivity contribution < 1.29 is 23.8 Å². The van der Waals surface area contributed by atoms with Gasteiger partial charge in [-0.15, -0.1) is 0 Å². The second kappa shape index (κ2) is 14.0. The maximum atomic E-state index is 12.3. The minimum absolute atomic E-state index is 0.123. The Bertz CT molecular complexity index is 1260. The fraction of sp³-hybridized carbons (Fsp3) is 0.300. The van der Waals surface area contributed by atoms with Crippen LogP contribution in [0, 0.1) is 0 Å². The van der Waals surface area contributed by atoms with E-state index < -0.39 is 0 Å². The molecular formula is C30H34N4O5. The molecule has 0 atom stereocenters. The number of benzene rings is 3. The lowest BCUT2D eigenvalue weighted by atomic mass is 10.1. The van der Waals surface area contributed by atoms with Crippen LogP contribution in [-0.4, -0.2) is 69.9 Å². The van der Waals surface area contributed by atoms with Gasteiger partial charge in [0, 0.05) is 44.8 Å². The maximum Gasteiger partial charge on any atom is 0.337 e. The number of esters is 1. The van der Waals surface area contributed by atoms with Crippen molar-refractivity contribution in [3.63, 3.8) is 0 Å². The van der Waals surface area contributed by atoms with Gasteiger partial charge in [-0.3, -0.25) is 9.69 Å². The van der Waals surface area contributed by atoms with Crippen molar-refractivity contribution in [1.29, 1.82) is 0 Å². The first-order valence-corrected chi connectivity index (χ1v) is 12.9. The zero-order chi connectivity index (χ0) is 27.5. The number of rotatable bonds is 11. The van der Waals surface area contributed by atoms with E-state index in [1.165, 1.54) is 12.8 Å². The number of hydrogen-bond donors (Lipinski definition) is 1. The van der Waals surface area contributed by atoms with Gasteiger partial charge in [-0.2, -0.15) is 5.10 Å². The van der Waals surface area contributed by atoms with Gasteiger partial charge in [-0.05, 0) is 53.6 Å². The Morgan fingerprint density at radius 3 is 2.36 bits per heavy atom. The molecule has 1 saturated heterocycles. The van der Waals surface area contributed by atoms with Crippen LogP contribution in [-0.2, 0) is 16.1 Å². The molecule has 9 heteroatoms. The summed E-state index contributed by atoms with van der Waals surface area (Å²) < 4.78 is 16.1. The largest absolute Gasteiger partial charge is 0.493 e. The average molecular weight is 531 g/mol. The molecule has 3 aromatic rings. The fourth-order valence-corrected chi connectivity index (χ4v) is 4.26. The highest BCUT2D eigenvalue weighted by Crippen LogP contribution is 2.28. The normalized spacial score (nSPS) is 13.7. The first-order valence-electron chi connectivity index (χ1n) is 12.9. The van der Waals surface area contributed by atoms with Gasteiger partial charge in [-0.25, -0.2) is 10.2 Å². The van der Waals surface area contributed by atoms with Crippen molar-refractivity contribution in [1.82, 2.24) is 10.3 Å². The third-order valence-electron chi connectivity index (χ3n) is 6.51. The molecule has 4 rings (SSSR count). The van der Waals surface area contributed by atoms with E-state index in [4.69, 9.17) is 14.2 Å². The summed E-state index contributed by atoms with van der Waals surface area (Å²) in [7, 11) is 2.92. The van der Waals surface area contributed by atoms with Crippen molar-refractivity contribution in [2.45, 2.75) is 13.0 Å². The first-order chi connectivity index (χ1) is 19.1. The van der Waals surface area contributed by atoms with Crippen molar-refractivity contribution in [2.75, 3.05) is 51.8 Å². The number of methoxy groups -OCH3 is 2. The zero-order valence-corrected chi connectivity index (χ0v) is 22.3. The summed E-state index contributed by atoms with van der Waals surface area (Å²) in [5.74, 6) is 0.617. The molecule has 1 heterocycles. The Hall–Kier alpha value is -4.37. The minimum atomic E-state index is -0.379. The van der Waals surface area contributed by atoms with Crippen LogP contribution < -0.4 is 19.8 Å². The molecule has 39 heavy (non-hydrogen) atoms. The number of piperazine rings is 1. The van der Waals surface area contributed by atoms with Crippen LogP contribution in [0.25, 0.3) is 0 Å². The monoisotopic (exact) mass is 530 g/mol. The molecule has 3 aromatic carbocycles. The number of ether oxygens (including phenoxy) is 3. The molecule has 0 unspecified atom stereocenters. The Labute approximate surface area is 229 Å². The lowest BCUT2D eigenvalue weighted by Crippen LogP contribution is -2.47. The van der Waals surface area contributed by atoms with Gasteiger partial charge in [0.25, 0.3) is 0 Å². The van der Waals surface area contributed by atoms with Crippen LogP contribution >= 0.6 is 0 Å². The predicted octanol–water partition coefficient (Wildman–Crippen LogP) is 3.72. The van der Waals surface area contributed by atoms with Gasteiger partial charge in [-0.1, -0.05) is 30.3 Å². The number of amides is 1. The number of hydrogen-bond acceptors (Lipinski definition) is 8. The summed E-state index contributed by atoms with van der Waals surface area (Å²) in [5.41, 5.74) is 6.00. The molecule has 204 valence electrons. The third kappa shape index (κ3) is 8.05. The van der Waals surface area contributed by atoms with E-state index >= 15 is 0 Å². The summed E-state index contributed by atoms with van der Waals surface area (Å²) in [6, 6.07) is 22.8. The van der Waals surface area contributed by atoms with Crippen LogP contribution in [0.1, 0.15) is 27.9 Å². The highest BCUT2D eigenvalue weighted by Gasteiger charge is 2.17. The predicted molar refractivity (Wildman–Crippen MR) is 151 cm³/mol. The van der Waals surface area contributed by atoms with E-state index in [9.17, 15) is 9.59 Å². The number of para-hydroxylation sites is 1. The van der Waals surface area contributed by atoms with Crippen molar-refractivity contribution >= 4 is 23.8 Å². The second-order valence-corrected chi connectivity index (χ2v) is 9.09. The zero-order valence-electron chi connectivity index (χ0n) is 22.3. The minimum Gasteiger partial charge on any atom is -0.493 e. The summed E-state index contributed by atoms with van der Waals surface area (Å²) in [6.45, 7) is 4.77. The van der Waals surface area contributed by atoms with Gasteiger partial charge < -0.3 is 19.1 Å². The molecule has 1 fully saturated rings. The number of nitrogens with zero attached hydrogens (tertiary/aromatic N) is 3. The van der Waals surface area contributed by atoms with Crippen LogP contribution in [0.2, 0.25) is 0 Å². The van der Waals surface area contributed by atoms with Crippen LogP contribution in [0.5, 0.6) is 11.5 Å². The summed E-state index contributed by atoms with van der Waals surface area (Å²) in [6.07, 6.45) is 1.97. The van der Waals surface area contributed by atoms with Crippen molar-refractivity contribution in [2.24, 2.45) is 5.10 Å².